The van der Waals surface area contributed by atoms with E-state index in [1.165, 1.54) is 18.6 Å². The van der Waals surface area contributed by atoms with Crippen molar-refractivity contribution in [3.05, 3.63) is 35.6 Å². The van der Waals surface area contributed by atoms with Gasteiger partial charge in [0.2, 0.25) is 5.91 Å². The minimum absolute atomic E-state index is 0.179. The summed E-state index contributed by atoms with van der Waals surface area (Å²) in [6, 6.07) is 7.13. The summed E-state index contributed by atoms with van der Waals surface area (Å²) >= 11 is 0. The van der Waals surface area contributed by atoms with Gasteiger partial charge in [0, 0.05) is 26.1 Å². The highest BCUT2D eigenvalue weighted by Gasteiger charge is 2.20. The molecule has 0 radical (unpaired) electrons. The second kappa shape index (κ2) is 8.28. The highest BCUT2D eigenvalue weighted by molar-refractivity contribution is 5.73. The van der Waals surface area contributed by atoms with Crippen LogP contribution < -0.4 is 5.32 Å². The van der Waals surface area contributed by atoms with E-state index in [-0.39, 0.29) is 11.7 Å². The lowest BCUT2D eigenvalue weighted by atomic mass is 9.93. The van der Waals surface area contributed by atoms with Crippen LogP contribution in [0, 0.1) is 11.7 Å². The van der Waals surface area contributed by atoms with Crippen molar-refractivity contribution >= 4 is 5.91 Å². The second-order valence-electron chi connectivity index (χ2n) is 6.42. The molecule has 122 valence electrons. The summed E-state index contributed by atoms with van der Waals surface area (Å²) in [7, 11) is 0. The largest absolute Gasteiger partial charge is 0.343 e. The fourth-order valence-electron chi connectivity index (χ4n) is 3.12. The van der Waals surface area contributed by atoms with E-state index >= 15 is 0 Å². The Balaban J connectivity index is 1.62. The van der Waals surface area contributed by atoms with E-state index in [4.69, 9.17) is 0 Å². The van der Waals surface area contributed by atoms with Gasteiger partial charge in [0.25, 0.3) is 0 Å². The molecule has 1 heterocycles. The maximum absolute atomic E-state index is 12.9. The third-order valence-electron chi connectivity index (χ3n) is 4.56. The van der Waals surface area contributed by atoms with Crippen molar-refractivity contribution in [3.8, 4) is 0 Å². The van der Waals surface area contributed by atoms with Gasteiger partial charge in [0.15, 0.2) is 0 Å². The van der Waals surface area contributed by atoms with Crippen LogP contribution in [0.15, 0.2) is 24.3 Å². The third kappa shape index (κ3) is 5.41. The summed E-state index contributed by atoms with van der Waals surface area (Å²) in [5, 5.41) is 3.55. The second-order valence-corrected chi connectivity index (χ2v) is 6.42. The van der Waals surface area contributed by atoms with E-state index in [1.807, 2.05) is 17.0 Å². The molecule has 1 atom stereocenters. The van der Waals surface area contributed by atoms with E-state index in [0.29, 0.717) is 6.04 Å². The normalized spacial score (nSPS) is 17.5. The number of hydrogen-bond acceptors (Lipinski definition) is 2. The molecule has 4 heteroatoms. The Labute approximate surface area is 132 Å². The quantitative estimate of drug-likeness (QED) is 0.876. The van der Waals surface area contributed by atoms with Crippen LogP contribution in [-0.4, -0.2) is 36.5 Å². The lowest BCUT2D eigenvalue weighted by Gasteiger charge is -2.31. The first kappa shape index (κ1) is 16.9. The number of carbonyl (C=O) groups is 1. The fourth-order valence-corrected chi connectivity index (χ4v) is 3.12. The molecule has 0 saturated carbocycles. The first-order chi connectivity index (χ1) is 10.5. The van der Waals surface area contributed by atoms with E-state index < -0.39 is 0 Å². The van der Waals surface area contributed by atoms with Gasteiger partial charge in [-0.3, -0.25) is 4.79 Å². The zero-order chi connectivity index (χ0) is 15.9. The van der Waals surface area contributed by atoms with Gasteiger partial charge in [-0.05, 0) is 62.8 Å². The molecule has 1 aliphatic heterocycles. The number of rotatable bonds is 6. The van der Waals surface area contributed by atoms with Crippen LogP contribution in [-0.2, 0) is 11.2 Å². The monoisotopic (exact) mass is 306 g/mol. The predicted octanol–water partition coefficient (Wildman–Crippen LogP) is 2.99. The van der Waals surface area contributed by atoms with E-state index in [1.54, 1.807) is 6.92 Å². The molecule has 1 aromatic rings. The Morgan fingerprint density at radius 3 is 2.55 bits per heavy atom. The third-order valence-corrected chi connectivity index (χ3v) is 4.56. The number of halogens is 1. The highest BCUT2D eigenvalue weighted by atomic mass is 19.1. The van der Waals surface area contributed by atoms with Crippen molar-refractivity contribution in [2.24, 2.45) is 5.92 Å². The van der Waals surface area contributed by atoms with Crippen molar-refractivity contribution in [1.29, 1.82) is 0 Å². The molecule has 1 N–H and O–H groups in total. The van der Waals surface area contributed by atoms with Gasteiger partial charge >= 0.3 is 0 Å². The summed E-state index contributed by atoms with van der Waals surface area (Å²) in [6.45, 7) is 6.64. The molecular weight excluding hydrogens is 279 g/mol. The van der Waals surface area contributed by atoms with Crippen LogP contribution in [0.5, 0.6) is 0 Å². The zero-order valence-electron chi connectivity index (χ0n) is 13.6. The number of nitrogens with one attached hydrogen (secondary N) is 1. The average molecular weight is 306 g/mol. The van der Waals surface area contributed by atoms with Crippen molar-refractivity contribution < 1.29 is 9.18 Å². The highest BCUT2D eigenvalue weighted by Crippen LogP contribution is 2.20. The van der Waals surface area contributed by atoms with Crippen LogP contribution in [0.2, 0.25) is 0 Å². The molecule has 1 fully saturated rings. The molecule has 0 aliphatic carbocycles. The van der Waals surface area contributed by atoms with Gasteiger partial charge in [0.1, 0.15) is 5.82 Å². The molecule has 2 rings (SSSR count). The van der Waals surface area contributed by atoms with Crippen LogP contribution in [0.25, 0.3) is 0 Å². The molecule has 1 saturated heterocycles. The molecule has 0 unspecified atom stereocenters. The number of hydrogen-bond donors (Lipinski definition) is 1. The number of benzene rings is 1. The first-order valence-corrected chi connectivity index (χ1v) is 8.28. The minimum atomic E-state index is -0.179. The minimum Gasteiger partial charge on any atom is -0.343 e. The Hall–Kier alpha value is -1.42. The Morgan fingerprint density at radius 2 is 1.95 bits per heavy atom. The standard InChI is InChI=1S/C18H27FN2O/c1-14(13-17-3-5-18(19)6-4-17)20-10-7-16-8-11-21(12-9-16)15(2)22/h3-6,14,16,20H,7-13H2,1-2H3/t14-/m1/s1. The number of piperidine rings is 1. The SMILES string of the molecule is CC(=O)N1CCC(CCN[C@H](C)Cc2ccc(F)cc2)CC1. The Kier molecular flexibility index (Phi) is 6.37. The van der Waals surface area contributed by atoms with Crippen LogP contribution in [0.3, 0.4) is 0 Å². The average Bonchev–Trinajstić information content (AvgIpc) is 2.50. The molecule has 0 spiro atoms. The number of amides is 1. The van der Waals surface area contributed by atoms with Crippen LogP contribution in [0.4, 0.5) is 4.39 Å². The fraction of sp³-hybridized carbons (Fsp3) is 0.611. The summed E-state index contributed by atoms with van der Waals surface area (Å²) < 4.78 is 12.9. The summed E-state index contributed by atoms with van der Waals surface area (Å²) in [5.74, 6) is 0.742. The molecule has 0 bridgehead atoms. The van der Waals surface area contributed by atoms with Crippen LogP contribution in [0.1, 0.15) is 38.7 Å². The topological polar surface area (TPSA) is 32.3 Å². The molecule has 1 aliphatic rings. The van der Waals surface area contributed by atoms with Gasteiger partial charge in [-0.2, -0.15) is 0 Å². The van der Waals surface area contributed by atoms with E-state index in [0.717, 1.165) is 50.4 Å². The number of carbonyl (C=O) groups excluding carboxylic acids is 1. The maximum Gasteiger partial charge on any atom is 0.219 e. The van der Waals surface area contributed by atoms with Crippen LogP contribution >= 0.6 is 0 Å². The summed E-state index contributed by atoms with van der Waals surface area (Å²) in [4.78, 5) is 13.2. The van der Waals surface area contributed by atoms with E-state index in [2.05, 4.69) is 12.2 Å². The van der Waals surface area contributed by atoms with Gasteiger partial charge in [-0.25, -0.2) is 4.39 Å². The van der Waals surface area contributed by atoms with E-state index in [9.17, 15) is 9.18 Å². The molecule has 3 nitrogen and oxygen atoms in total. The summed E-state index contributed by atoms with van der Waals surface area (Å²) in [5.41, 5.74) is 1.16. The number of likely N-dealkylation sites (tertiary alicyclic amines) is 1. The summed E-state index contributed by atoms with van der Waals surface area (Å²) in [6.07, 6.45) is 4.32. The van der Waals surface area contributed by atoms with Gasteiger partial charge in [-0.1, -0.05) is 12.1 Å². The smallest absolute Gasteiger partial charge is 0.219 e. The lowest BCUT2D eigenvalue weighted by Crippen LogP contribution is -2.38. The zero-order valence-corrected chi connectivity index (χ0v) is 13.6. The molecular formula is C18H27FN2O. The van der Waals surface area contributed by atoms with Crippen molar-refractivity contribution in [3.63, 3.8) is 0 Å². The van der Waals surface area contributed by atoms with Gasteiger partial charge in [-0.15, -0.1) is 0 Å². The van der Waals surface area contributed by atoms with Crippen molar-refractivity contribution in [2.45, 2.75) is 45.6 Å². The van der Waals surface area contributed by atoms with Crippen molar-refractivity contribution in [1.82, 2.24) is 10.2 Å². The molecule has 0 aromatic heterocycles. The molecule has 1 aromatic carbocycles. The predicted molar refractivity (Wildman–Crippen MR) is 87.2 cm³/mol. The Bertz CT molecular complexity index is 466. The number of nitrogens with zero attached hydrogens (tertiary/aromatic N) is 1. The first-order valence-electron chi connectivity index (χ1n) is 8.28. The lowest BCUT2D eigenvalue weighted by molar-refractivity contribution is -0.130. The maximum atomic E-state index is 12.9. The molecule has 1 amide bonds. The van der Waals surface area contributed by atoms with Crippen molar-refractivity contribution in [2.75, 3.05) is 19.6 Å². The Morgan fingerprint density at radius 1 is 1.32 bits per heavy atom. The molecule has 22 heavy (non-hydrogen) atoms. The van der Waals surface area contributed by atoms with Gasteiger partial charge < -0.3 is 10.2 Å². The van der Waals surface area contributed by atoms with Gasteiger partial charge in [0.05, 0.1) is 0 Å².